The summed E-state index contributed by atoms with van der Waals surface area (Å²) in [4.78, 5) is 0. The Morgan fingerprint density at radius 1 is 1.36 bits per heavy atom. The van der Waals surface area contributed by atoms with Crippen LogP contribution in [0.25, 0.3) is 0 Å². The summed E-state index contributed by atoms with van der Waals surface area (Å²) in [7, 11) is 1.96. The minimum atomic E-state index is 0.464. The van der Waals surface area contributed by atoms with Gasteiger partial charge in [-0.3, -0.25) is 0 Å². The number of nitrogens with one attached hydrogen (secondary N) is 1. The lowest BCUT2D eigenvalue weighted by molar-refractivity contribution is 0.543. The lowest BCUT2D eigenvalue weighted by atomic mass is 10.0. The third-order valence-electron chi connectivity index (χ3n) is 2.38. The molecule has 1 rings (SSSR count). The van der Waals surface area contributed by atoms with Crippen molar-refractivity contribution in [1.82, 2.24) is 5.32 Å². The predicted molar refractivity (Wildman–Crippen MR) is 63.3 cm³/mol. The molecule has 0 aliphatic heterocycles. The van der Waals surface area contributed by atoms with Crippen molar-refractivity contribution in [2.75, 3.05) is 7.05 Å². The number of rotatable bonds is 4. The summed E-state index contributed by atoms with van der Waals surface area (Å²) in [5, 5.41) is 4.79. The van der Waals surface area contributed by atoms with Gasteiger partial charge in [0.1, 0.15) is 0 Å². The number of likely N-dealkylation sites (N-methyl/N-ethyl adjacent to an activating group) is 1. The van der Waals surface area contributed by atoms with Gasteiger partial charge in [-0.1, -0.05) is 30.1 Å². The van der Waals surface area contributed by atoms with E-state index < -0.39 is 0 Å². The molecular formula is C11H15Cl2N. The van der Waals surface area contributed by atoms with Crippen molar-refractivity contribution < 1.29 is 0 Å². The van der Waals surface area contributed by atoms with Gasteiger partial charge in [0.15, 0.2) is 0 Å². The first-order valence-corrected chi connectivity index (χ1v) is 5.54. The fourth-order valence-corrected chi connectivity index (χ4v) is 1.81. The summed E-state index contributed by atoms with van der Waals surface area (Å²) in [6, 6.07) is 6.06. The maximum atomic E-state index is 6.07. The van der Waals surface area contributed by atoms with Crippen molar-refractivity contribution in [3.63, 3.8) is 0 Å². The molecule has 0 saturated carbocycles. The molecule has 1 N–H and O–H groups in total. The summed E-state index contributed by atoms with van der Waals surface area (Å²) < 4.78 is 0. The Kier molecular flexibility index (Phi) is 4.73. The van der Waals surface area contributed by atoms with E-state index >= 15 is 0 Å². The molecule has 0 heterocycles. The van der Waals surface area contributed by atoms with E-state index in [9.17, 15) is 0 Å². The molecular weight excluding hydrogens is 217 g/mol. The van der Waals surface area contributed by atoms with Crippen LogP contribution in [0, 0.1) is 0 Å². The van der Waals surface area contributed by atoms with Gasteiger partial charge in [-0.25, -0.2) is 0 Å². The monoisotopic (exact) mass is 231 g/mol. The van der Waals surface area contributed by atoms with Crippen LogP contribution in [0.3, 0.4) is 0 Å². The van der Waals surface area contributed by atoms with E-state index in [1.54, 1.807) is 0 Å². The summed E-state index contributed by atoms with van der Waals surface area (Å²) in [6.07, 6.45) is 2.01. The zero-order valence-corrected chi connectivity index (χ0v) is 9.99. The zero-order chi connectivity index (χ0) is 10.6. The second-order valence-corrected chi connectivity index (χ2v) is 4.18. The highest BCUT2D eigenvalue weighted by Crippen LogP contribution is 2.22. The fourth-order valence-electron chi connectivity index (χ4n) is 1.42. The van der Waals surface area contributed by atoms with Gasteiger partial charge < -0.3 is 5.32 Å². The molecule has 0 radical (unpaired) electrons. The minimum absolute atomic E-state index is 0.464. The standard InChI is InChI=1S/C11H15Cl2N/c1-3-10(14-2)7-8-6-9(12)4-5-11(8)13/h4-6,10,14H,3,7H2,1-2H3. The van der Waals surface area contributed by atoms with Gasteiger partial charge in [-0.05, 0) is 43.7 Å². The van der Waals surface area contributed by atoms with E-state index in [4.69, 9.17) is 23.2 Å². The van der Waals surface area contributed by atoms with Gasteiger partial charge in [0.2, 0.25) is 0 Å². The van der Waals surface area contributed by atoms with Crippen LogP contribution in [0.15, 0.2) is 18.2 Å². The molecule has 1 atom stereocenters. The highest BCUT2D eigenvalue weighted by molar-refractivity contribution is 6.33. The highest BCUT2D eigenvalue weighted by Gasteiger charge is 2.07. The fraction of sp³-hybridized carbons (Fsp3) is 0.455. The van der Waals surface area contributed by atoms with Gasteiger partial charge >= 0.3 is 0 Å². The van der Waals surface area contributed by atoms with Crippen molar-refractivity contribution in [3.05, 3.63) is 33.8 Å². The molecule has 1 aromatic carbocycles. The first-order chi connectivity index (χ1) is 6.67. The van der Waals surface area contributed by atoms with E-state index in [1.807, 2.05) is 25.2 Å². The van der Waals surface area contributed by atoms with Crippen LogP contribution >= 0.6 is 23.2 Å². The van der Waals surface area contributed by atoms with Crippen molar-refractivity contribution in [3.8, 4) is 0 Å². The molecule has 3 heteroatoms. The van der Waals surface area contributed by atoms with Gasteiger partial charge in [-0.15, -0.1) is 0 Å². The van der Waals surface area contributed by atoms with E-state index in [0.717, 1.165) is 28.5 Å². The van der Waals surface area contributed by atoms with Crippen LogP contribution < -0.4 is 5.32 Å². The molecule has 0 bridgehead atoms. The SMILES string of the molecule is CCC(Cc1cc(Cl)ccc1Cl)NC. The Labute approximate surface area is 95.4 Å². The number of benzene rings is 1. The van der Waals surface area contributed by atoms with Crippen molar-refractivity contribution in [2.24, 2.45) is 0 Å². The quantitative estimate of drug-likeness (QED) is 0.837. The van der Waals surface area contributed by atoms with E-state index in [2.05, 4.69) is 12.2 Å². The summed E-state index contributed by atoms with van der Waals surface area (Å²) in [5.41, 5.74) is 1.11. The van der Waals surface area contributed by atoms with Gasteiger partial charge in [-0.2, -0.15) is 0 Å². The van der Waals surface area contributed by atoms with Crippen LogP contribution in [0.1, 0.15) is 18.9 Å². The average Bonchev–Trinajstić information content (AvgIpc) is 2.19. The molecule has 1 unspecified atom stereocenters. The molecule has 0 spiro atoms. The van der Waals surface area contributed by atoms with Gasteiger partial charge in [0, 0.05) is 16.1 Å². The van der Waals surface area contributed by atoms with Crippen LogP contribution in [-0.4, -0.2) is 13.1 Å². The average molecular weight is 232 g/mol. The molecule has 0 aliphatic carbocycles. The topological polar surface area (TPSA) is 12.0 Å². The molecule has 14 heavy (non-hydrogen) atoms. The highest BCUT2D eigenvalue weighted by atomic mass is 35.5. The Morgan fingerprint density at radius 2 is 2.07 bits per heavy atom. The molecule has 0 fully saturated rings. The molecule has 0 saturated heterocycles. The normalized spacial score (nSPS) is 12.9. The summed E-state index contributed by atoms with van der Waals surface area (Å²) >= 11 is 12.0. The summed E-state index contributed by atoms with van der Waals surface area (Å²) in [6.45, 7) is 2.15. The molecule has 1 nitrogen and oxygen atoms in total. The van der Waals surface area contributed by atoms with Crippen molar-refractivity contribution >= 4 is 23.2 Å². The Balaban J connectivity index is 2.79. The molecule has 78 valence electrons. The molecule has 0 aliphatic rings. The Hall–Kier alpha value is -0.240. The molecule has 0 amide bonds. The first-order valence-electron chi connectivity index (χ1n) is 4.78. The van der Waals surface area contributed by atoms with Crippen molar-refractivity contribution in [2.45, 2.75) is 25.8 Å². The van der Waals surface area contributed by atoms with Crippen molar-refractivity contribution in [1.29, 1.82) is 0 Å². The van der Waals surface area contributed by atoms with Crippen LogP contribution in [0.2, 0.25) is 10.0 Å². The minimum Gasteiger partial charge on any atom is -0.317 e. The second-order valence-electron chi connectivity index (χ2n) is 3.33. The van der Waals surface area contributed by atoms with Crippen LogP contribution in [0.4, 0.5) is 0 Å². The second kappa shape index (κ2) is 5.59. The first kappa shape index (κ1) is 11.8. The molecule has 0 aromatic heterocycles. The smallest absolute Gasteiger partial charge is 0.0439 e. The maximum Gasteiger partial charge on any atom is 0.0439 e. The lowest BCUT2D eigenvalue weighted by Crippen LogP contribution is -2.26. The lowest BCUT2D eigenvalue weighted by Gasteiger charge is -2.14. The number of hydrogen-bond donors (Lipinski definition) is 1. The van der Waals surface area contributed by atoms with E-state index in [0.29, 0.717) is 6.04 Å². The third-order valence-corrected chi connectivity index (χ3v) is 2.98. The number of halogens is 2. The zero-order valence-electron chi connectivity index (χ0n) is 8.48. The third kappa shape index (κ3) is 3.16. The van der Waals surface area contributed by atoms with Crippen LogP contribution in [-0.2, 0) is 6.42 Å². The Bertz CT molecular complexity index is 295. The van der Waals surface area contributed by atoms with Gasteiger partial charge in [0.25, 0.3) is 0 Å². The predicted octanol–water partition coefficient (Wildman–Crippen LogP) is 3.53. The summed E-state index contributed by atoms with van der Waals surface area (Å²) in [5.74, 6) is 0. The maximum absolute atomic E-state index is 6.07. The van der Waals surface area contributed by atoms with Crippen LogP contribution in [0.5, 0.6) is 0 Å². The van der Waals surface area contributed by atoms with E-state index in [1.165, 1.54) is 0 Å². The van der Waals surface area contributed by atoms with Gasteiger partial charge in [0.05, 0.1) is 0 Å². The molecule has 1 aromatic rings. The Morgan fingerprint density at radius 3 is 2.64 bits per heavy atom. The largest absolute Gasteiger partial charge is 0.317 e. The van der Waals surface area contributed by atoms with E-state index in [-0.39, 0.29) is 0 Å². The number of hydrogen-bond acceptors (Lipinski definition) is 1.